The highest BCUT2D eigenvalue weighted by molar-refractivity contribution is 7.80. The van der Waals surface area contributed by atoms with Gasteiger partial charge in [-0.15, -0.1) is 0 Å². The molecule has 1 fully saturated rings. The number of halogens is 3. The van der Waals surface area contributed by atoms with Crippen LogP contribution in [0.2, 0.25) is 0 Å². The fourth-order valence-electron chi connectivity index (χ4n) is 5.68. The molecule has 42 heavy (non-hydrogen) atoms. The van der Waals surface area contributed by atoms with E-state index < -0.39 is 11.7 Å². The molecule has 10 heteroatoms. The molecule has 0 bridgehead atoms. The lowest BCUT2D eigenvalue weighted by Gasteiger charge is -2.28. The summed E-state index contributed by atoms with van der Waals surface area (Å²) in [5.41, 5.74) is 4.81. The van der Waals surface area contributed by atoms with Crippen LogP contribution in [0, 0.1) is 13.8 Å². The average Bonchev–Trinajstić information content (AvgIpc) is 3.46. The van der Waals surface area contributed by atoms with Gasteiger partial charge in [0.05, 0.1) is 23.3 Å². The van der Waals surface area contributed by atoms with Crippen molar-refractivity contribution >= 4 is 28.9 Å². The normalized spacial score (nSPS) is 16.9. The number of carbonyl (C=O) groups excluding carboxylic acids is 1. The van der Waals surface area contributed by atoms with Gasteiger partial charge in [0, 0.05) is 41.9 Å². The van der Waals surface area contributed by atoms with Crippen LogP contribution in [0.3, 0.4) is 0 Å². The van der Waals surface area contributed by atoms with E-state index in [9.17, 15) is 18.0 Å². The van der Waals surface area contributed by atoms with Crippen molar-refractivity contribution in [2.24, 2.45) is 0 Å². The summed E-state index contributed by atoms with van der Waals surface area (Å²) in [5, 5.41) is 6.90. The van der Waals surface area contributed by atoms with Gasteiger partial charge in [0.2, 0.25) is 5.91 Å². The summed E-state index contributed by atoms with van der Waals surface area (Å²) in [6.07, 6.45) is -1.75. The summed E-state index contributed by atoms with van der Waals surface area (Å²) < 4.78 is 42.4. The first-order valence-corrected chi connectivity index (χ1v) is 14.2. The molecule has 2 aromatic carbocycles. The first kappa shape index (κ1) is 29.3. The first-order chi connectivity index (χ1) is 20.1. The molecule has 2 atom stereocenters. The van der Waals surface area contributed by atoms with Gasteiger partial charge < -0.3 is 20.1 Å². The van der Waals surface area contributed by atoms with Crippen LogP contribution in [0.25, 0.3) is 5.69 Å². The van der Waals surface area contributed by atoms with E-state index in [2.05, 4.69) is 15.6 Å². The number of para-hydroxylation sites is 1. The van der Waals surface area contributed by atoms with Crippen LogP contribution in [0.4, 0.5) is 18.9 Å². The van der Waals surface area contributed by atoms with Crippen molar-refractivity contribution in [2.45, 2.75) is 51.9 Å². The minimum absolute atomic E-state index is 0.131. The van der Waals surface area contributed by atoms with Crippen molar-refractivity contribution in [1.29, 1.82) is 0 Å². The zero-order valence-corrected chi connectivity index (χ0v) is 24.4. The maximum Gasteiger partial charge on any atom is 0.416 e. The predicted octanol–water partition coefficient (Wildman–Crippen LogP) is 7.07. The average molecular weight is 592 g/mol. The number of nitrogens with zero attached hydrogens (tertiary/aromatic N) is 3. The number of benzene rings is 2. The Morgan fingerprint density at radius 2 is 1.81 bits per heavy atom. The maximum absolute atomic E-state index is 13.5. The number of carbonyl (C=O) groups is 1. The zero-order chi connectivity index (χ0) is 30.0. The molecule has 0 radical (unpaired) electrons. The molecule has 1 amide bonds. The number of hydrogen-bond acceptors (Lipinski definition) is 3. The van der Waals surface area contributed by atoms with Crippen molar-refractivity contribution in [3.8, 4) is 5.69 Å². The monoisotopic (exact) mass is 591 g/mol. The van der Waals surface area contributed by atoms with E-state index in [1.807, 2.05) is 78.8 Å². The van der Waals surface area contributed by atoms with E-state index in [0.29, 0.717) is 17.3 Å². The molecule has 5 rings (SSSR count). The molecule has 2 N–H and O–H groups in total. The van der Waals surface area contributed by atoms with Gasteiger partial charge in [-0.3, -0.25) is 9.78 Å². The highest BCUT2D eigenvalue weighted by Gasteiger charge is 2.41. The van der Waals surface area contributed by atoms with E-state index in [1.54, 1.807) is 12.3 Å². The van der Waals surface area contributed by atoms with Crippen molar-refractivity contribution in [3.63, 3.8) is 0 Å². The van der Waals surface area contributed by atoms with Crippen LogP contribution in [-0.2, 0) is 17.4 Å². The second-order valence-corrected chi connectivity index (χ2v) is 10.7. The van der Waals surface area contributed by atoms with Crippen molar-refractivity contribution in [2.75, 3.05) is 11.9 Å². The van der Waals surface area contributed by atoms with E-state index >= 15 is 0 Å². The van der Waals surface area contributed by atoms with Crippen LogP contribution in [-0.4, -0.2) is 32.0 Å². The Morgan fingerprint density at radius 1 is 1.05 bits per heavy atom. The number of amides is 1. The Balaban J connectivity index is 1.48. The van der Waals surface area contributed by atoms with Crippen LogP contribution in [0.15, 0.2) is 79.0 Å². The third-order valence-corrected chi connectivity index (χ3v) is 8.02. The Hall–Kier alpha value is -4.18. The van der Waals surface area contributed by atoms with Crippen LogP contribution < -0.4 is 10.6 Å². The van der Waals surface area contributed by atoms with Crippen LogP contribution in [0.1, 0.15) is 59.2 Å². The smallest absolute Gasteiger partial charge is 0.352 e. The summed E-state index contributed by atoms with van der Waals surface area (Å²) in [6, 6.07) is 20.0. The highest BCUT2D eigenvalue weighted by atomic mass is 32.1. The lowest BCUT2D eigenvalue weighted by molar-refractivity contribution is -0.137. The fourth-order valence-corrected chi connectivity index (χ4v) is 6.01. The Labute approximate surface area is 248 Å². The number of hydrogen-bond donors (Lipinski definition) is 2. The molecule has 6 nitrogen and oxygen atoms in total. The molecule has 3 heterocycles. The third kappa shape index (κ3) is 5.90. The van der Waals surface area contributed by atoms with E-state index in [4.69, 9.17) is 12.2 Å². The lowest BCUT2D eigenvalue weighted by Crippen LogP contribution is -2.33. The number of aromatic nitrogens is 2. The van der Waals surface area contributed by atoms with E-state index in [-0.39, 0.29) is 24.4 Å². The summed E-state index contributed by atoms with van der Waals surface area (Å²) in [5.74, 6) is -0.131. The molecule has 0 unspecified atom stereocenters. The van der Waals surface area contributed by atoms with Gasteiger partial charge in [-0.25, -0.2) is 0 Å². The molecule has 0 aliphatic carbocycles. The fraction of sp³-hybridized carbons (Fsp3) is 0.281. The zero-order valence-electron chi connectivity index (χ0n) is 23.6. The van der Waals surface area contributed by atoms with E-state index in [0.717, 1.165) is 52.4 Å². The number of nitrogens with one attached hydrogen (secondary N) is 2. The van der Waals surface area contributed by atoms with E-state index in [1.165, 1.54) is 6.07 Å². The van der Waals surface area contributed by atoms with Crippen LogP contribution >= 0.6 is 12.2 Å². The largest absolute Gasteiger partial charge is 0.416 e. The van der Waals surface area contributed by atoms with Gasteiger partial charge in [0.1, 0.15) is 0 Å². The summed E-state index contributed by atoms with van der Waals surface area (Å²) in [7, 11) is 0. The second-order valence-electron chi connectivity index (χ2n) is 10.3. The highest BCUT2D eigenvalue weighted by Crippen LogP contribution is 2.42. The molecule has 2 aromatic heterocycles. The molecular weight excluding hydrogens is 559 g/mol. The molecule has 218 valence electrons. The summed E-state index contributed by atoms with van der Waals surface area (Å²) in [4.78, 5) is 19.6. The number of aryl methyl sites for hydroxylation is 2. The molecular formula is C32H32F3N5OS. The van der Waals surface area contributed by atoms with Gasteiger partial charge in [-0.05, 0) is 86.1 Å². The van der Waals surface area contributed by atoms with Gasteiger partial charge in [0.15, 0.2) is 5.11 Å². The maximum atomic E-state index is 13.5. The van der Waals surface area contributed by atoms with Gasteiger partial charge in [-0.1, -0.05) is 37.3 Å². The van der Waals surface area contributed by atoms with Crippen molar-refractivity contribution < 1.29 is 18.0 Å². The molecule has 0 saturated carbocycles. The molecule has 4 aromatic rings. The molecule has 1 aliphatic heterocycles. The number of pyridine rings is 1. The van der Waals surface area contributed by atoms with Crippen LogP contribution in [0.5, 0.6) is 0 Å². The van der Waals surface area contributed by atoms with Gasteiger partial charge in [-0.2, -0.15) is 13.2 Å². The minimum Gasteiger partial charge on any atom is -0.352 e. The first-order valence-electron chi connectivity index (χ1n) is 13.8. The molecule has 1 aliphatic rings. The lowest BCUT2D eigenvalue weighted by atomic mass is 9.96. The third-order valence-electron chi connectivity index (χ3n) is 7.67. The standard InChI is InChI=1S/C32H32F3N5OS/c1-4-22-10-5-6-13-26(22)37-28(41)15-17-39-30(29(38-31(39)42)27-14-7-8-16-36-27)25-18-20(2)40(21(25)3)24-12-9-11-23(19-24)32(33,34)35/h5-14,16,18-19,29-30H,4,15,17H2,1-3H3,(H,37,41)(H,38,42)/t29-,30-/m1/s1. The quantitative estimate of drug-likeness (QED) is 0.215. The Morgan fingerprint density at radius 3 is 2.52 bits per heavy atom. The molecule has 1 saturated heterocycles. The summed E-state index contributed by atoms with van der Waals surface area (Å²) >= 11 is 5.77. The topological polar surface area (TPSA) is 62.2 Å². The minimum atomic E-state index is -4.45. The second kappa shape index (κ2) is 12.0. The molecule has 0 spiro atoms. The Bertz CT molecular complexity index is 1600. The van der Waals surface area contributed by atoms with Crippen molar-refractivity contribution in [1.82, 2.24) is 19.8 Å². The van der Waals surface area contributed by atoms with Gasteiger partial charge >= 0.3 is 6.18 Å². The number of alkyl halides is 3. The SMILES string of the molecule is CCc1ccccc1NC(=O)CCN1C(=S)N[C@H](c2ccccn2)[C@H]1c1cc(C)n(-c2cccc(C(F)(F)F)c2)c1C. The predicted molar refractivity (Wildman–Crippen MR) is 161 cm³/mol. The number of rotatable bonds is 8. The van der Waals surface area contributed by atoms with Gasteiger partial charge in [0.25, 0.3) is 0 Å². The van der Waals surface area contributed by atoms with Crippen molar-refractivity contribution in [3.05, 3.63) is 113 Å². The number of thiocarbonyl (C=S) groups is 1. The Kier molecular flexibility index (Phi) is 8.36. The summed E-state index contributed by atoms with van der Waals surface area (Å²) in [6.45, 7) is 6.15. The number of anilines is 1.